The van der Waals surface area contributed by atoms with Crippen LogP contribution in [0.1, 0.15) is 79.4 Å². The van der Waals surface area contributed by atoms with E-state index in [0.717, 1.165) is 45.2 Å². The van der Waals surface area contributed by atoms with Gasteiger partial charge in [0.15, 0.2) is 0 Å². The molecule has 6 nitrogen and oxygen atoms in total. The lowest BCUT2D eigenvalue weighted by Crippen LogP contribution is -2.55. The zero-order valence-electron chi connectivity index (χ0n) is 24.5. The Bertz CT molecular complexity index is 1140. The van der Waals surface area contributed by atoms with E-state index in [1.54, 1.807) is 0 Å². The van der Waals surface area contributed by atoms with Crippen LogP contribution in [0.25, 0.3) is 0 Å². The second-order valence-electron chi connectivity index (χ2n) is 11.2. The summed E-state index contributed by atoms with van der Waals surface area (Å²) in [6.07, 6.45) is 7.42. The summed E-state index contributed by atoms with van der Waals surface area (Å²) in [6.45, 7) is 5.04. The summed E-state index contributed by atoms with van der Waals surface area (Å²) >= 11 is 0. The van der Waals surface area contributed by atoms with Crippen LogP contribution in [0.5, 0.6) is 0 Å². The zero-order chi connectivity index (χ0) is 28.9. The summed E-state index contributed by atoms with van der Waals surface area (Å²) in [5.74, 6) is 0.131. The average Bonchev–Trinajstić information content (AvgIpc) is 3.02. The number of urea groups is 1. The maximum atomic E-state index is 13.0. The van der Waals surface area contributed by atoms with E-state index < -0.39 is 6.03 Å². The van der Waals surface area contributed by atoms with Crippen LogP contribution in [0.15, 0.2) is 91.0 Å². The predicted molar refractivity (Wildman–Crippen MR) is 167 cm³/mol. The van der Waals surface area contributed by atoms with Gasteiger partial charge >= 0.3 is 6.03 Å². The number of carbonyl (C=O) groups excluding carboxylic acids is 2. The molecule has 0 spiro atoms. The van der Waals surface area contributed by atoms with Crippen molar-refractivity contribution in [2.45, 2.75) is 64.0 Å². The van der Waals surface area contributed by atoms with Crippen molar-refractivity contribution in [2.24, 2.45) is 11.7 Å². The zero-order valence-corrected chi connectivity index (χ0v) is 24.5. The number of primary amides is 1. The molecule has 1 aliphatic heterocycles. The molecule has 1 fully saturated rings. The normalized spacial score (nSPS) is 15.0. The van der Waals surface area contributed by atoms with E-state index in [2.05, 4.69) is 77.8 Å². The van der Waals surface area contributed by atoms with Crippen LogP contribution in [-0.2, 0) is 0 Å². The molecule has 1 heterocycles. The third kappa shape index (κ3) is 8.67. The molecule has 1 atom stereocenters. The Morgan fingerprint density at radius 1 is 0.829 bits per heavy atom. The number of nitrogens with zero attached hydrogens (tertiary/aromatic N) is 2. The number of carbonyl (C=O) groups is 2. The van der Waals surface area contributed by atoms with Gasteiger partial charge in [-0.2, -0.15) is 0 Å². The molecular weight excluding hydrogens is 508 g/mol. The minimum absolute atomic E-state index is 0.117. The first-order valence-corrected chi connectivity index (χ1v) is 15.3. The van der Waals surface area contributed by atoms with Crippen LogP contribution in [0, 0.1) is 5.92 Å². The first-order valence-electron chi connectivity index (χ1n) is 15.3. The summed E-state index contributed by atoms with van der Waals surface area (Å²) in [5, 5.41) is 3.13. The van der Waals surface area contributed by atoms with Crippen molar-refractivity contribution >= 4 is 11.9 Å². The SMILES string of the molecule is CCCCCCCN(C(N)=O)C(CNC(=O)c1ccccc1)C1CCN(C(c2ccccc2)c2ccccc2)CC1. The van der Waals surface area contributed by atoms with Crippen molar-refractivity contribution in [2.75, 3.05) is 26.2 Å². The first-order chi connectivity index (χ1) is 20.1. The smallest absolute Gasteiger partial charge is 0.315 e. The summed E-state index contributed by atoms with van der Waals surface area (Å²) in [7, 11) is 0. The summed E-state index contributed by atoms with van der Waals surface area (Å²) < 4.78 is 0. The predicted octanol–water partition coefficient (Wildman–Crippen LogP) is 6.64. The Labute approximate surface area is 245 Å². The highest BCUT2D eigenvalue weighted by Gasteiger charge is 2.35. The van der Waals surface area contributed by atoms with E-state index in [9.17, 15) is 9.59 Å². The van der Waals surface area contributed by atoms with E-state index in [1.807, 2.05) is 35.2 Å². The topological polar surface area (TPSA) is 78.7 Å². The molecule has 1 unspecified atom stereocenters. The van der Waals surface area contributed by atoms with Crippen molar-refractivity contribution in [1.29, 1.82) is 0 Å². The van der Waals surface area contributed by atoms with Crippen molar-refractivity contribution < 1.29 is 9.59 Å². The lowest BCUT2D eigenvalue weighted by Gasteiger charge is -2.43. The van der Waals surface area contributed by atoms with Gasteiger partial charge in [-0.25, -0.2) is 4.79 Å². The maximum Gasteiger partial charge on any atom is 0.315 e. The average molecular weight is 555 g/mol. The molecule has 4 rings (SSSR count). The number of benzene rings is 3. The van der Waals surface area contributed by atoms with Gasteiger partial charge in [-0.05, 0) is 61.5 Å². The summed E-state index contributed by atoms with van der Waals surface area (Å²) in [5.41, 5.74) is 9.19. The van der Waals surface area contributed by atoms with E-state index in [4.69, 9.17) is 5.73 Å². The van der Waals surface area contributed by atoms with Crippen molar-refractivity contribution in [3.63, 3.8) is 0 Å². The number of unbranched alkanes of at least 4 members (excludes halogenated alkanes) is 4. The Morgan fingerprint density at radius 3 is 1.90 bits per heavy atom. The minimum Gasteiger partial charge on any atom is -0.351 e. The monoisotopic (exact) mass is 554 g/mol. The number of hydrogen-bond acceptors (Lipinski definition) is 3. The highest BCUT2D eigenvalue weighted by Crippen LogP contribution is 2.34. The van der Waals surface area contributed by atoms with Crippen LogP contribution in [-0.4, -0.2) is 54.0 Å². The number of hydrogen-bond donors (Lipinski definition) is 2. The quantitative estimate of drug-likeness (QED) is 0.219. The second kappa shape index (κ2) is 16.0. The highest BCUT2D eigenvalue weighted by atomic mass is 16.2. The molecule has 0 bridgehead atoms. The Kier molecular flexibility index (Phi) is 11.8. The number of nitrogens with one attached hydrogen (secondary N) is 1. The Morgan fingerprint density at radius 2 is 1.37 bits per heavy atom. The van der Waals surface area contributed by atoms with Crippen LogP contribution < -0.4 is 11.1 Å². The van der Waals surface area contributed by atoms with E-state index >= 15 is 0 Å². The van der Waals surface area contributed by atoms with Crippen LogP contribution in [0.2, 0.25) is 0 Å². The lowest BCUT2D eigenvalue weighted by molar-refractivity contribution is 0.0809. The molecule has 3 N–H and O–H groups in total. The molecular formula is C35H46N4O2. The highest BCUT2D eigenvalue weighted by molar-refractivity contribution is 5.94. The van der Waals surface area contributed by atoms with Gasteiger partial charge in [-0.15, -0.1) is 0 Å². The molecule has 1 saturated heterocycles. The fraction of sp³-hybridized carbons (Fsp3) is 0.429. The Balaban J connectivity index is 1.49. The van der Waals surface area contributed by atoms with E-state index in [0.29, 0.717) is 18.7 Å². The number of rotatable bonds is 14. The van der Waals surface area contributed by atoms with Gasteiger partial charge in [0.05, 0.1) is 12.1 Å². The molecule has 0 aliphatic carbocycles. The first kappa shape index (κ1) is 30.3. The van der Waals surface area contributed by atoms with Gasteiger partial charge in [-0.3, -0.25) is 9.69 Å². The van der Waals surface area contributed by atoms with Crippen molar-refractivity contribution in [3.05, 3.63) is 108 Å². The molecule has 0 saturated carbocycles. The molecule has 6 heteroatoms. The standard InChI is InChI=1S/C35H46N4O2/c1-2-3-4-5-15-24-39(35(36)41)32(27-37-34(40)31-20-13-8-14-21-31)28-22-25-38(26-23-28)33(29-16-9-6-10-17-29)30-18-11-7-12-19-30/h6-14,16-21,28,32-33H,2-5,15,22-27H2,1H3,(H2,36,41)(H,37,40). The van der Waals surface area contributed by atoms with Gasteiger partial charge in [0.1, 0.15) is 0 Å². The number of likely N-dealkylation sites (tertiary alicyclic amines) is 1. The summed E-state index contributed by atoms with van der Waals surface area (Å²) in [4.78, 5) is 30.1. The fourth-order valence-corrected chi connectivity index (χ4v) is 6.19. The lowest BCUT2D eigenvalue weighted by atomic mass is 9.86. The number of piperidine rings is 1. The van der Waals surface area contributed by atoms with Crippen molar-refractivity contribution in [1.82, 2.24) is 15.1 Å². The van der Waals surface area contributed by atoms with E-state index in [1.165, 1.54) is 24.0 Å². The van der Waals surface area contributed by atoms with E-state index in [-0.39, 0.29) is 23.9 Å². The molecule has 0 aromatic heterocycles. The maximum absolute atomic E-state index is 13.0. The molecule has 3 aromatic carbocycles. The number of nitrogens with two attached hydrogens (primary N) is 1. The second-order valence-corrected chi connectivity index (χ2v) is 11.2. The summed E-state index contributed by atoms with van der Waals surface area (Å²) in [6, 6.07) is 30.3. The van der Waals surface area contributed by atoms with Gasteiger partial charge < -0.3 is 16.0 Å². The van der Waals surface area contributed by atoms with Gasteiger partial charge in [0, 0.05) is 18.7 Å². The molecule has 3 aromatic rings. The molecule has 41 heavy (non-hydrogen) atoms. The van der Waals surface area contributed by atoms with Crippen LogP contribution >= 0.6 is 0 Å². The number of amides is 3. The van der Waals surface area contributed by atoms with Crippen molar-refractivity contribution in [3.8, 4) is 0 Å². The van der Waals surface area contributed by atoms with Gasteiger partial charge in [-0.1, -0.05) is 111 Å². The molecule has 3 amide bonds. The van der Waals surface area contributed by atoms with Gasteiger partial charge in [0.25, 0.3) is 5.91 Å². The van der Waals surface area contributed by atoms with Crippen LogP contribution in [0.3, 0.4) is 0 Å². The molecule has 1 aliphatic rings. The molecule has 218 valence electrons. The Hall–Kier alpha value is -3.64. The minimum atomic E-state index is -0.395. The van der Waals surface area contributed by atoms with Crippen LogP contribution in [0.4, 0.5) is 4.79 Å². The fourth-order valence-electron chi connectivity index (χ4n) is 6.19. The molecule has 0 radical (unpaired) electrons. The largest absolute Gasteiger partial charge is 0.351 e. The third-order valence-electron chi connectivity index (χ3n) is 8.41. The van der Waals surface area contributed by atoms with Gasteiger partial charge in [0.2, 0.25) is 0 Å². The third-order valence-corrected chi connectivity index (χ3v) is 8.41.